The van der Waals surface area contributed by atoms with Crippen molar-refractivity contribution in [2.75, 3.05) is 26.2 Å². The molecule has 176 valence electrons. The molecule has 0 aliphatic heterocycles. The van der Waals surface area contributed by atoms with Crippen LogP contribution in [0.1, 0.15) is 24.0 Å². The molecule has 0 heterocycles. The Hall–Kier alpha value is -3.56. The van der Waals surface area contributed by atoms with Crippen molar-refractivity contribution in [3.8, 4) is 11.1 Å². The lowest BCUT2D eigenvalue weighted by atomic mass is 9.98. The Bertz CT molecular complexity index is 995. The molecule has 0 saturated carbocycles. The number of likely N-dealkylation sites (N-methyl/N-ethyl adjacent to an activating group) is 1. The van der Waals surface area contributed by atoms with E-state index in [0.717, 1.165) is 22.3 Å². The van der Waals surface area contributed by atoms with Gasteiger partial charge in [0.15, 0.2) is 5.92 Å². The lowest BCUT2D eigenvalue weighted by Gasteiger charge is -2.26. The van der Waals surface area contributed by atoms with E-state index in [1.54, 1.807) is 0 Å². The van der Waals surface area contributed by atoms with Gasteiger partial charge in [-0.05, 0) is 29.2 Å². The minimum absolute atomic E-state index is 0.0927. The Kier molecular flexibility index (Phi) is 7.25. The fraction of sp³-hybridized carbons (Fsp3) is 0.348. The van der Waals surface area contributed by atoms with Crippen molar-refractivity contribution in [2.24, 2.45) is 5.92 Å². The van der Waals surface area contributed by atoms with Crippen molar-refractivity contribution >= 4 is 18.0 Å². The molecule has 0 aromatic heterocycles. The Morgan fingerprint density at radius 2 is 1.61 bits per heavy atom. The number of carboxylic acids is 1. The number of benzene rings is 2. The molecule has 0 saturated heterocycles. The maximum atomic E-state index is 13.4. The number of amides is 2. The largest absolute Gasteiger partial charge is 0.480 e. The van der Waals surface area contributed by atoms with E-state index in [2.05, 4.69) is 0 Å². The van der Waals surface area contributed by atoms with Crippen molar-refractivity contribution in [1.82, 2.24) is 10.2 Å². The van der Waals surface area contributed by atoms with Crippen LogP contribution in [-0.2, 0) is 14.3 Å². The van der Waals surface area contributed by atoms with Gasteiger partial charge in [0.05, 0.1) is 0 Å². The highest BCUT2D eigenvalue weighted by atomic mass is 19.4. The number of hydrogen-bond donors (Lipinski definition) is 2. The molecular formula is C23H23F3N2O5. The third kappa shape index (κ3) is 5.44. The number of alkyl halides is 3. The molecule has 2 amide bonds. The average Bonchev–Trinajstić information content (AvgIpc) is 3.08. The summed E-state index contributed by atoms with van der Waals surface area (Å²) in [6, 6.07) is 15.2. The quantitative estimate of drug-likeness (QED) is 0.622. The van der Waals surface area contributed by atoms with Crippen LogP contribution >= 0.6 is 0 Å². The van der Waals surface area contributed by atoms with Gasteiger partial charge in [-0.15, -0.1) is 0 Å². The summed E-state index contributed by atoms with van der Waals surface area (Å²) >= 11 is 0. The van der Waals surface area contributed by atoms with Gasteiger partial charge in [0.2, 0.25) is 5.91 Å². The smallest absolute Gasteiger partial charge is 0.407 e. The summed E-state index contributed by atoms with van der Waals surface area (Å²) in [4.78, 5) is 35.8. The third-order valence-corrected chi connectivity index (χ3v) is 5.51. The predicted octanol–water partition coefficient (Wildman–Crippen LogP) is 3.64. The van der Waals surface area contributed by atoms with Crippen molar-refractivity contribution < 1.29 is 37.4 Å². The first-order valence-electron chi connectivity index (χ1n) is 10.3. The topological polar surface area (TPSA) is 95.9 Å². The van der Waals surface area contributed by atoms with Gasteiger partial charge in [0.1, 0.15) is 13.2 Å². The Morgan fingerprint density at radius 1 is 1.06 bits per heavy atom. The minimum atomic E-state index is -4.97. The summed E-state index contributed by atoms with van der Waals surface area (Å²) in [6.45, 7) is -0.873. The fourth-order valence-corrected chi connectivity index (χ4v) is 3.91. The molecule has 1 aliphatic carbocycles. The second-order valence-electron chi connectivity index (χ2n) is 7.55. The summed E-state index contributed by atoms with van der Waals surface area (Å²) < 4.78 is 45.5. The van der Waals surface area contributed by atoms with Crippen molar-refractivity contribution in [2.45, 2.75) is 19.0 Å². The van der Waals surface area contributed by atoms with E-state index in [0.29, 0.717) is 4.90 Å². The SMILES string of the molecule is CCN(CC(=O)O)C(=O)C(CNC(=O)OCC1c2ccccc2-c2ccccc21)C(F)(F)F. The normalized spacial score (nSPS) is 13.6. The van der Waals surface area contributed by atoms with Gasteiger partial charge in [-0.1, -0.05) is 48.5 Å². The van der Waals surface area contributed by atoms with Crippen molar-refractivity contribution in [3.05, 3.63) is 59.7 Å². The standard InChI is InChI=1S/C23H23F3N2O5/c1-2-28(12-20(29)30)21(31)19(23(24,25)26)11-27-22(32)33-13-18-16-9-5-3-7-14(16)15-8-4-6-10-17(15)18/h3-10,18-19H,2,11-13H2,1H3,(H,27,32)(H,29,30). The van der Waals surface area contributed by atoms with Gasteiger partial charge in [0.25, 0.3) is 0 Å². The van der Waals surface area contributed by atoms with Crippen LogP contribution in [0.15, 0.2) is 48.5 Å². The molecule has 0 radical (unpaired) electrons. The summed E-state index contributed by atoms with van der Waals surface area (Å²) in [5.74, 6) is -5.71. The van der Waals surface area contributed by atoms with E-state index >= 15 is 0 Å². The number of ether oxygens (including phenoxy) is 1. The molecule has 2 aromatic rings. The van der Waals surface area contributed by atoms with Crippen LogP contribution in [-0.4, -0.2) is 60.4 Å². The highest BCUT2D eigenvalue weighted by Gasteiger charge is 2.46. The molecule has 33 heavy (non-hydrogen) atoms. The molecule has 0 bridgehead atoms. The average molecular weight is 464 g/mol. The van der Waals surface area contributed by atoms with Crippen LogP contribution in [0.4, 0.5) is 18.0 Å². The van der Waals surface area contributed by atoms with E-state index < -0.39 is 43.2 Å². The highest BCUT2D eigenvalue weighted by Crippen LogP contribution is 2.44. The molecule has 0 spiro atoms. The number of carboxylic acid groups (broad SMARTS) is 1. The lowest BCUT2D eigenvalue weighted by Crippen LogP contribution is -2.49. The van der Waals surface area contributed by atoms with Crippen molar-refractivity contribution in [1.29, 1.82) is 0 Å². The zero-order valence-electron chi connectivity index (χ0n) is 17.8. The number of fused-ring (bicyclic) bond motifs is 3. The molecule has 2 N–H and O–H groups in total. The number of nitrogens with zero attached hydrogens (tertiary/aromatic N) is 1. The van der Waals surface area contributed by atoms with Crippen LogP contribution in [0, 0.1) is 5.92 Å². The van der Waals surface area contributed by atoms with Gasteiger partial charge in [-0.3, -0.25) is 9.59 Å². The Balaban J connectivity index is 1.64. The molecular weight excluding hydrogens is 441 g/mol. The number of halogens is 3. The van der Waals surface area contributed by atoms with E-state index in [-0.39, 0.29) is 19.1 Å². The molecule has 1 unspecified atom stereocenters. The first kappa shape index (κ1) is 24.1. The summed E-state index contributed by atoms with van der Waals surface area (Å²) in [7, 11) is 0. The predicted molar refractivity (Wildman–Crippen MR) is 113 cm³/mol. The molecule has 2 aromatic carbocycles. The third-order valence-electron chi connectivity index (χ3n) is 5.51. The van der Waals surface area contributed by atoms with E-state index in [9.17, 15) is 27.6 Å². The van der Waals surface area contributed by atoms with Crippen LogP contribution in [0.3, 0.4) is 0 Å². The van der Waals surface area contributed by atoms with Gasteiger partial charge >= 0.3 is 18.2 Å². The second-order valence-corrected chi connectivity index (χ2v) is 7.55. The zero-order chi connectivity index (χ0) is 24.2. The van der Waals surface area contributed by atoms with Crippen LogP contribution in [0.5, 0.6) is 0 Å². The Labute approximate surface area is 188 Å². The summed E-state index contributed by atoms with van der Waals surface area (Å²) in [5.41, 5.74) is 3.90. The van der Waals surface area contributed by atoms with Gasteiger partial charge in [-0.2, -0.15) is 13.2 Å². The Morgan fingerprint density at radius 3 is 2.09 bits per heavy atom. The molecule has 1 atom stereocenters. The molecule has 3 rings (SSSR count). The van der Waals surface area contributed by atoms with E-state index in [1.807, 2.05) is 53.8 Å². The van der Waals surface area contributed by atoms with Crippen molar-refractivity contribution in [3.63, 3.8) is 0 Å². The van der Waals surface area contributed by atoms with E-state index in [4.69, 9.17) is 9.84 Å². The fourth-order valence-electron chi connectivity index (χ4n) is 3.91. The number of rotatable bonds is 8. The summed E-state index contributed by atoms with van der Waals surface area (Å²) in [6.07, 6.45) is -6.07. The monoisotopic (exact) mass is 464 g/mol. The van der Waals surface area contributed by atoms with Crippen LogP contribution < -0.4 is 5.32 Å². The number of aliphatic carboxylic acids is 1. The first-order valence-corrected chi connectivity index (χ1v) is 10.3. The molecule has 1 aliphatic rings. The number of nitrogens with one attached hydrogen (secondary N) is 1. The maximum Gasteiger partial charge on any atom is 0.407 e. The van der Waals surface area contributed by atoms with Crippen LogP contribution in [0.2, 0.25) is 0 Å². The van der Waals surface area contributed by atoms with Gasteiger partial charge in [-0.25, -0.2) is 4.79 Å². The first-order chi connectivity index (χ1) is 15.6. The number of carbonyl (C=O) groups is 3. The highest BCUT2D eigenvalue weighted by molar-refractivity contribution is 5.84. The van der Waals surface area contributed by atoms with Gasteiger partial charge < -0.3 is 20.1 Å². The number of carbonyl (C=O) groups excluding carboxylic acids is 2. The second kappa shape index (κ2) is 9.93. The zero-order valence-corrected chi connectivity index (χ0v) is 17.8. The van der Waals surface area contributed by atoms with Crippen LogP contribution in [0.25, 0.3) is 11.1 Å². The summed E-state index contributed by atoms with van der Waals surface area (Å²) in [5, 5.41) is 10.8. The molecule has 10 heteroatoms. The number of hydrogen-bond acceptors (Lipinski definition) is 4. The molecule has 7 nitrogen and oxygen atoms in total. The van der Waals surface area contributed by atoms with E-state index in [1.165, 1.54) is 6.92 Å². The molecule has 0 fully saturated rings. The lowest BCUT2D eigenvalue weighted by molar-refractivity contribution is -0.188. The minimum Gasteiger partial charge on any atom is -0.480 e. The maximum absolute atomic E-state index is 13.4. The number of alkyl carbamates (subject to hydrolysis) is 1. The van der Waals surface area contributed by atoms with Gasteiger partial charge in [0, 0.05) is 19.0 Å².